The highest BCUT2D eigenvalue weighted by Crippen LogP contribution is 2.41. The zero-order valence-electron chi connectivity index (χ0n) is 13.5. The Balaban J connectivity index is 2.10. The second kappa shape index (κ2) is 5.50. The highest BCUT2D eigenvalue weighted by molar-refractivity contribution is 6.18. The summed E-state index contributed by atoms with van der Waals surface area (Å²) < 4.78 is 2.09. The van der Waals surface area contributed by atoms with E-state index >= 15 is 0 Å². The molecule has 0 aliphatic carbocycles. The number of carbonyl (C=O) groups is 1. The van der Waals surface area contributed by atoms with E-state index in [4.69, 9.17) is 0 Å². The Morgan fingerprint density at radius 3 is 2.46 bits per heavy atom. The second-order valence-electron chi connectivity index (χ2n) is 5.87. The standard InChI is InChI=1S/C22H17NO/c1-3-4-12-17-15(2)23-19-14-9-8-13-18(19)22(24)21(23)20(17)16-10-6-5-7-11-16/h3-14H,1H2,2H3/b12-4-. The number of ketones is 1. The molecular formula is C22H17NO. The largest absolute Gasteiger partial charge is 0.309 e. The van der Waals surface area contributed by atoms with E-state index < -0.39 is 0 Å². The summed E-state index contributed by atoms with van der Waals surface area (Å²) in [5.41, 5.74) is 6.67. The van der Waals surface area contributed by atoms with E-state index in [0.29, 0.717) is 0 Å². The van der Waals surface area contributed by atoms with Gasteiger partial charge in [-0.2, -0.15) is 0 Å². The fraction of sp³-hybridized carbons (Fsp3) is 0.0455. The van der Waals surface area contributed by atoms with Crippen LogP contribution in [0.3, 0.4) is 0 Å². The van der Waals surface area contributed by atoms with Gasteiger partial charge in [0.2, 0.25) is 5.78 Å². The van der Waals surface area contributed by atoms with Gasteiger partial charge >= 0.3 is 0 Å². The predicted octanol–water partition coefficient (Wildman–Crippen LogP) is 5.20. The molecule has 0 saturated carbocycles. The Hall–Kier alpha value is -3.13. The highest BCUT2D eigenvalue weighted by Gasteiger charge is 2.33. The molecule has 0 spiro atoms. The van der Waals surface area contributed by atoms with Crippen LogP contribution in [-0.2, 0) is 0 Å². The van der Waals surface area contributed by atoms with E-state index in [-0.39, 0.29) is 5.78 Å². The van der Waals surface area contributed by atoms with Crippen LogP contribution in [0.2, 0.25) is 0 Å². The first-order chi connectivity index (χ1) is 11.7. The Labute approximate surface area is 141 Å². The molecule has 4 rings (SSSR count). The SMILES string of the molecule is C=C/C=C\c1c(-c2ccccc2)c2n(c1C)-c1ccccc1C2=O. The van der Waals surface area contributed by atoms with Crippen LogP contribution in [0.15, 0.2) is 73.3 Å². The molecule has 0 bridgehead atoms. The molecule has 24 heavy (non-hydrogen) atoms. The number of hydrogen-bond acceptors (Lipinski definition) is 1. The van der Waals surface area contributed by atoms with Gasteiger partial charge < -0.3 is 4.57 Å². The lowest BCUT2D eigenvalue weighted by Crippen LogP contribution is -1.98. The third kappa shape index (κ3) is 1.93. The number of allylic oxidation sites excluding steroid dienone is 2. The maximum Gasteiger partial charge on any atom is 0.212 e. The van der Waals surface area contributed by atoms with Crippen molar-refractivity contribution >= 4 is 11.9 Å². The van der Waals surface area contributed by atoms with Gasteiger partial charge in [-0.15, -0.1) is 0 Å². The summed E-state index contributed by atoms with van der Waals surface area (Å²) in [6, 6.07) is 17.9. The fourth-order valence-corrected chi connectivity index (χ4v) is 3.48. The number of fused-ring (bicyclic) bond motifs is 3. The average molecular weight is 311 g/mol. The molecule has 1 aromatic heterocycles. The lowest BCUT2D eigenvalue weighted by atomic mass is 9.96. The summed E-state index contributed by atoms with van der Waals surface area (Å²) in [6.45, 7) is 5.83. The van der Waals surface area contributed by atoms with Crippen molar-refractivity contribution in [1.29, 1.82) is 0 Å². The number of para-hydroxylation sites is 1. The monoisotopic (exact) mass is 311 g/mol. The van der Waals surface area contributed by atoms with Crippen molar-refractivity contribution in [3.05, 3.63) is 95.8 Å². The summed E-state index contributed by atoms with van der Waals surface area (Å²) in [7, 11) is 0. The first kappa shape index (κ1) is 14.5. The molecule has 2 nitrogen and oxygen atoms in total. The van der Waals surface area contributed by atoms with Gasteiger partial charge in [0.05, 0.1) is 5.69 Å². The van der Waals surface area contributed by atoms with Crippen molar-refractivity contribution in [2.45, 2.75) is 6.92 Å². The third-order valence-corrected chi connectivity index (χ3v) is 4.52. The van der Waals surface area contributed by atoms with Crippen molar-refractivity contribution in [3.8, 4) is 16.8 Å². The number of hydrogen-bond donors (Lipinski definition) is 0. The molecule has 116 valence electrons. The molecule has 2 heterocycles. The van der Waals surface area contributed by atoms with Crippen molar-refractivity contribution in [3.63, 3.8) is 0 Å². The van der Waals surface area contributed by atoms with Crippen LogP contribution in [0.25, 0.3) is 22.9 Å². The zero-order valence-corrected chi connectivity index (χ0v) is 13.5. The van der Waals surface area contributed by atoms with Gasteiger partial charge in [0.1, 0.15) is 5.69 Å². The molecule has 0 atom stereocenters. The Bertz CT molecular complexity index is 990. The second-order valence-corrected chi connectivity index (χ2v) is 5.87. The highest BCUT2D eigenvalue weighted by atomic mass is 16.1. The van der Waals surface area contributed by atoms with E-state index in [1.165, 1.54) is 0 Å². The smallest absolute Gasteiger partial charge is 0.212 e. The van der Waals surface area contributed by atoms with Crippen LogP contribution in [0.1, 0.15) is 27.3 Å². The minimum atomic E-state index is 0.0887. The van der Waals surface area contributed by atoms with E-state index in [1.54, 1.807) is 6.08 Å². The van der Waals surface area contributed by atoms with Crippen LogP contribution in [0, 0.1) is 6.92 Å². The van der Waals surface area contributed by atoms with E-state index in [9.17, 15) is 4.79 Å². The number of rotatable bonds is 3. The number of nitrogens with zero attached hydrogens (tertiary/aromatic N) is 1. The van der Waals surface area contributed by atoms with Gasteiger partial charge in [0.15, 0.2) is 0 Å². The van der Waals surface area contributed by atoms with Gasteiger partial charge in [-0.25, -0.2) is 0 Å². The number of aromatic nitrogens is 1. The lowest BCUT2D eigenvalue weighted by molar-refractivity contribution is 0.104. The van der Waals surface area contributed by atoms with Gasteiger partial charge in [-0.3, -0.25) is 4.79 Å². The van der Waals surface area contributed by atoms with Crippen molar-refractivity contribution in [2.75, 3.05) is 0 Å². The summed E-state index contributed by atoms with van der Waals surface area (Å²) in [5.74, 6) is 0.0887. The van der Waals surface area contributed by atoms with Crippen LogP contribution in [0.5, 0.6) is 0 Å². The number of carbonyl (C=O) groups excluding carboxylic acids is 1. The summed E-state index contributed by atoms with van der Waals surface area (Å²) in [5, 5.41) is 0. The Kier molecular flexibility index (Phi) is 3.31. The molecule has 1 aliphatic rings. The topological polar surface area (TPSA) is 22.0 Å². The Morgan fingerprint density at radius 1 is 1.00 bits per heavy atom. The molecule has 2 heteroatoms. The number of benzene rings is 2. The van der Waals surface area contributed by atoms with E-state index in [1.807, 2.05) is 54.6 Å². The van der Waals surface area contributed by atoms with Crippen LogP contribution < -0.4 is 0 Å². The first-order valence-corrected chi connectivity index (χ1v) is 7.98. The Morgan fingerprint density at radius 2 is 1.71 bits per heavy atom. The molecule has 0 amide bonds. The fourth-order valence-electron chi connectivity index (χ4n) is 3.48. The molecule has 2 aromatic carbocycles. The summed E-state index contributed by atoms with van der Waals surface area (Å²) in [6.07, 6.45) is 5.71. The maximum atomic E-state index is 13.1. The molecule has 3 aromatic rings. The lowest BCUT2D eigenvalue weighted by Gasteiger charge is -2.05. The van der Waals surface area contributed by atoms with Crippen LogP contribution in [-0.4, -0.2) is 10.4 Å². The first-order valence-electron chi connectivity index (χ1n) is 7.98. The van der Waals surface area contributed by atoms with Crippen LogP contribution in [0.4, 0.5) is 0 Å². The van der Waals surface area contributed by atoms with Crippen molar-refractivity contribution in [2.24, 2.45) is 0 Å². The van der Waals surface area contributed by atoms with Gasteiger partial charge in [-0.05, 0) is 24.6 Å². The molecule has 0 radical (unpaired) electrons. The third-order valence-electron chi connectivity index (χ3n) is 4.52. The summed E-state index contributed by atoms with van der Waals surface area (Å²) in [4.78, 5) is 13.1. The molecule has 0 N–H and O–H groups in total. The predicted molar refractivity (Wildman–Crippen MR) is 98.6 cm³/mol. The van der Waals surface area contributed by atoms with Gasteiger partial charge in [0, 0.05) is 22.4 Å². The molecular weight excluding hydrogens is 294 g/mol. The minimum Gasteiger partial charge on any atom is -0.309 e. The maximum absolute atomic E-state index is 13.1. The van der Waals surface area contributed by atoms with Gasteiger partial charge in [0.25, 0.3) is 0 Å². The van der Waals surface area contributed by atoms with E-state index in [2.05, 4.69) is 30.2 Å². The molecule has 0 saturated heterocycles. The molecule has 0 unspecified atom stereocenters. The average Bonchev–Trinajstić information content (AvgIpc) is 3.08. The molecule has 0 fully saturated rings. The van der Waals surface area contributed by atoms with Crippen LogP contribution >= 0.6 is 0 Å². The molecule has 1 aliphatic heterocycles. The normalized spacial score (nSPS) is 12.5. The van der Waals surface area contributed by atoms with E-state index in [0.717, 1.165) is 39.3 Å². The minimum absolute atomic E-state index is 0.0887. The van der Waals surface area contributed by atoms with Crippen molar-refractivity contribution < 1.29 is 4.79 Å². The quantitative estimate of drug-likeness (QED) is 0.477. The van der Waals surface area contributed by atoms with Crippen molar-refractivity contribution in [1.82, 2.24) is 4.57 Å². The summed E-state index contributed by atoms with van der Waals surface area (Å²) >= 11 is 0. The van der Waals surface area contributed by atoms with Gasteiger partial charge in [-0.1, -0.05) is 67.3 Å². The zero-order chi connectivity index (χ0) is 16.7.